The van der Waals surface area contributed by atoms with E-state index in [4.69, 9.17) is 11.6 Å². The van der Waals surface area contributed by atoms with Gasteiger partial charge in [0.1, 0.15) is 0 Å². The molecule has 3 aromatic rings. The second kappa shape index (κ2) is 7.41. The third-order valence-corrected chi connectivity index (χ3v) is 5.03. The van der Waals surface area contributed by atoms with Crippen LogP contribution in [0.1, 0.15) is 22.5 Å². The molecule has 0 aliphatic rings. The number of carbonyl (C=O) groups excluding carboxylic acids is 1. The van der Waals surface area contributed by atoms with Crippen molar-refractivity contribution in [1.82, 2.24) is 24.9 Å². The number of amides is 1. The van der Waals surface area contributed by atoms with Crippen molar-refractivity contribution >= 4 is 35.0 Å². The van der Waals surface area contributed by atoms with E-state index in [-0.39, 0.29) is 11.7 Å². The normalized spacial score (nSPS) is 11.0. The van der Waals surface area contributed by atoms with Crippen LogP contribution < -0.4 is 5.32 Å². The number of halogens is 1. The Morgan fingerprint density at radius 3 is 2.84 bits per heavy atom. The Morgan fingerprint density at radius 2 is 2.08 bits per heavy atom. The largest absolute Gasteiger partial charge is 0.351 e. The lowest BCUT2D eigenvalue weighted by atomic mass is 10.2. The van der Waals surface area contributed by atoms with E-state index in [9.17, 15) is 4.79 Å². The van der Waals surface area contributed by atoms with Gasteiger partial charge in [-0.25, -0.2) is 9.50 Å². The molecule has 0 saturated carbocycles. The fourth-order valence-electron chi connectivity index (χ4n) is 2.33. The summed E-state index contributed by atoms with van der Waals surface area (Å²) >= 11 is 7.23. The smallest absolute Gasteiger partial charge is 0.253 e. The summed E-state index contributed by atoms with van der Waals surface area (Å²) in [5.74, 6) is 0.720. The highest BCUT2D eigenvalue weighted by molar-refractivity contribution is 7.99. The minimum atomic E-state index is -0.0825. The molecule has 0 saturated heterocycles. The molecular formula is C17H18ClN5OS. The van der Waals surface area contributed by atoms with E-state index < -0.39 is 0 Å². The van der Waals surface area contributed by atoms with Crippen molar-refractivity contribution < 1.29 is 4.79 Å². The maximum absolute atomic E-state index is 12.0. The summed E-state index contributed by atoms with van der Waals surface area (Å²) in [4.78, 5) is 20.8. The number of aryl methyl sites for hydroxylation is 2. The summed E-state index contributed by atoms with van der Waals surface area (Å²) in [6.45, 7) is 6.39. The summed E-state index contributed by atoms with van der Waals surface area (Å²) < 4.78 is 1.72. The molecule has 130 valence electrons. The molecule has 0 aliphatic heterocycles. The summed E-state index contributed by atoms with van der Waals surface area (Å²) in [5, 5.41) is 8.48. The quantitative estimate of drug-likeness (QED) is 0.694. The van der Waals surface area contributed by atoms with Crippen molar-refractivity contribution in [2.45, 2.75) is 32.5 Å². The van der Waals surface area contributed by atoms with Gasteiger partial charge in [0.05, 0.1) is 5.75 Å². The van der Waals surface area contributed by atoms with Crippen molar-refractivity contribution in [3.63, 3.8) is 0 Å². The molecule has 1 amide bonds. The van der Waals surface area contributed by atoms with Crippen molar-refractivity contribution in [2.75, 3.05) is 5.75 Å². The molecule has 0 unspecified atom stereocenters. The Kier molecular flexibility index (Phi) is 5.24. The number of aromatic nitrogens is 4. The molecule has 25 heavy (non-hydrogen) atoms. The van der Waals surface area contributed by atoms with Crippen LogP contribution in [0.3, 0.4) is 0 Å². The number of rotatable bonds is 5. The minimum absolute atomic E-state index is 0.0825. The van der Waals surface area contributed by atoms with Gasteiger partial charge in [0.2, 0.25) is 11.1 Å². The SMILES string of the molecule is Cc1nc2nc(SCC(=O)NCc3cccc(Cl)c3)nn2c(C)c1C. The molecule has 0 bridgehead atoms. The molecule has 0 atom stereocenters. The summed E-state index contributed by atoms with van der Waals surface area (Å²) in [6.07, 6.45) is 0. The van der Waals surface area contributed by atoms with E-state index in [1.54, 1.807) is 10.6 Å². The van der Waals surface area contributed by atoms with E-state index in [1.165, 1.54) is 11.8 Å². The summed E-state index contributed by atoms with van der Waals surface area (Å²) in [5.41, 5.74) is 4.00. The molecule has 0 fully saturated rings. The highest BCUT2D eigenvalue weighted by Gasteiger charge is 2.12. The lowest BCUT2D eigenvalue weighted by Crippen LogP contribution is -2.24. The Balaban J connectivity index is 1.60. The van der Waals surface area contributed by atoms with Crippen LogP contribution in [0.4, 0.5) is 0 Å². The average molecular weight is 376 g/mol. The van der Waals surface area contributed by atoms with Gasteiger partial charge >= 0.3 is 0 Å². The molecule has 1 N–H and O–H groups in total. The number of thioether (sulfide) groups is 1. The van der Waals surface area contributed by atoms with E-state index in [2.05, 4.69) is 20.4 Å². The first kappa shape index (κ1) is 17.7. The van der Waals surface area contributed by atoms with Crippen LogP contribution in [0.5, 0.6) is 0 Å². The second-order valence-electron chi connectivity index (χ2n) is 5.71. The number of hydrogen-bond acceptors (Lipinski definition) is 5. The van der Waals surface area contributed by atoms with Crippen LogP contribution in [0.15, 0.2) is 29.4 Å². The highest BCUT2D eigenvalue weighted by atomic mass is 35.5. The van der Waals surface area contributed by atoms with Gasteiger partial charge in [0.25, 0.3) is 5.78 Å². The van der Waals surface area contributed by atoms with Gasteiger partial charge < -0.3 is 5.32 Å². The predicted molar refractivity (Wildman–Crippen MR) is 99.0 cm³/mol. The number of fused-ring (bicyclic) bond motifs is 1. The number of carbonyl (C=O) groups is 1. The molecule has 0 spiro atoms. The topological polar surface area (TPSA) is 72.2 Å². The third-order valence-electron chi connectivity index (χ3n) is 3.95. The van der Waals surface area contributed by atoms with Crippen LogP contribution in [-0.2, 0) is 11.3 Å². The number of benzene rings is 1. The van der Waals surface area contributed by atoms with Crippen LogP contribution >= 0.6 is 23.4 Å². The first-order valence-electron chi connectivity index (χ1n) is 7.78. The maximum Gasteiger partial charge on any atom is 0.253 e. The van der Waals surface area contributed by atoms with E-state index in [0.29, 0.717) is 22.5 Å². The van der Waals surface area contributed by atoms with E-state index in [0.717, 1.165) is 22.5 Å². The van der Waals surface area contributed by atoms with Gasteiger partial charge in [-0.2, -0.15) is 4.98 Å². The van der Waals surface area contributed by atoms with Crippen LogP contribution in [0.25, 0.3) is 5.78 Å². The molecular weight excluding hydrogens is 358 g/mol. The number of hydrogen-bond donors (Lipinski definition) is 1. The highest BCUT2D eigenvalue weighted by Crippen LogP contribution is 2.17. The predicted octanol–water partition coefficient (Wildman–Crippen LogP) is 3.11. The number of nitrogens with zero attached hydrogens (tertiary/aromatic N) is 4. The van der Waals surface area contributed by atoms with E-state index >= 15 is 0 Å². The first-order valence-corrected chi connectivity index (χ1v) is 9.15. The Bertz CT molecular complexity index is 940. The van der Waals surface area contributed by atoms with Crippen LogP contribution in [-0.4, -0.2) is 31.2 Å². The fourth-order valence-corrected chi connectivity index (χ4v) is 3.19. The molecule has 8 heteroatoms. The lowest BCUT2D eigenvalue weighted by molar-refractivity contribution is -0.118. The standard InChI is InChI=1S/C17H18ClN5OS/c1-10-11(2)20-16-21-17(22-23(16)12(10)3)25-9-15(24)19-8-13-5-4-6-14(18)7-13/h4-7H,8-9H2,1-3H3,(H,19,24). The second-order valence-corrected chi connectivity index (χ2v) is 7.09. The Labute approximate surface area is 155 Å². The lowest BCUT2D eigenvalue weighted by Gasteiger charge is -2.04. The van der Waals surface area contributed by atoms with Crippen molar-refractivity contribution in [2.24, 2.45) is 0 Å². The molecule has 1 aromatic carbocycles. The zero-order chi connectivity index (χ0) is 18.0. The van der Waals surface area contributed by atoms with Gasteiger partial charge in [0, 0.05) is 23.0 Å². The van der Waals surface area contributed by atoms with Gasteiger partial charge in [-0.15, -0.1) is 5.10 Å². The van der Waals surface area contributed by atoms with Gasteiger partial charge in [-0.05, 0) is 44.0 Å². The Morgan fingerprint density at radius 1 is 1.28 bits per heavy atom. The molecule has 2 aromatic heterocycles. The Hall–Kier alpha value is -2.12. The molecule has 6 nitrogen and oxygen atoms in total. The average Bonchev–Trinajstić information content (AvgIpc) is 2.99. The van der Waals surface area contributed by atoms with Crippen LogP contribution in [0.2, 0.25) is 5.02 Å². The number of nitrogens with one attached hydrogen (secondary N) is 1. The van der Waals surface area contributed by atoms with Crippen molar-refractivity contribution in [3.8, 4) is 0 Å². The zero-order valence-corrected chi connectivity index (χ0v) is 15.8. The summed E-state index contributed by atoms with van der Waals surface area (Å²) in [6, 6.07) is 7.41. The van der Waals surface area contributed by atoms with Crippen molar-refractivity contribution in [1.29, 1.82) is 0 Å². The van der Waals surface area contributed by atoms with Crippen LogP contribution in [0, 0.1) is 20.8 Å². The first-order chi connectivity index (χ1) is 11.9. The fraction of sp³-hybridized carbons (Fsp3) is 0.294. The van der Waals surface area contributed by atoms with Crippen molar-refractivity contribution in [3.05, 3.63) is 51.8 Å². The summed E-state index contributed by atoms with van der Waals surface area (Å²) in [7, 11) is 0. The monoisotopic (exact) mass is 375 g/mol. The van der Waals surface area contributed by atoms with Gasteiger partial charge in [-0.3, -0.25) is 4.79 Å². The molecule has 0 radical (unpaired) electrons. The van der Waals surface area contributed by atoms with Gasteiger partial charge in [0.15, 0.2) is 0 Å². The zero-order valence-electron chi connectivity index (χ0n) is 14.2. The minimum Gasteiger partial charge on any atom is -0.351 e. The molecule has 3 rings (SSSR count). The molecule has 0 aliphatic carbocycles. The molecule has 2 heterocycles. The van der Waals surface area contributed by atoms with Gasteiger partial charge in [-0.1, -0.05) is 35.5 Å². The maximum atomic E-state index is 12.0. The third kappa shape index (κ3) is 4.11. The van der Waals surface area contributed by atoms with E-state index in [1.807, 2.05) is 39.0 Å².